The number of carbonyl (C=O) groups excluding carboxylic acids is 1. The van der Waals surface area contributed by atoms with Gasteiger partial charge >= 0.3 is 0 Å². The summed E-state index contributed by atoms with van der Waals surface area (Å²) in [5.74, 6) is -0.0528. The lowest BCUT2D eigenvalue weighted by atomic mass is 9.80. The molecule has 1 amide bonds. The van der Waals surface area contributed by atoms with Gasteiger partial charge in [0, 0.05) is 38.7 Å². The average molecular weight is 452 g/mol. The lowest BCUT2D eigenvalue weighted by molar-refractivity contribution is -0.166. The minimum Gasteiger partial charge on any atom is -0.459 e. The molecule has 0 aromatic heterocycles. The number of fused-ring (bicyclic) bond motifs is 3. The SMILES string of the molecule is CCO[C@H]1OC(C(=O)NCCOC)=C[C@@H](c2ccc3c(c2)Cc2ccccc2-3)[C@H]1CCCO. The van der Waals surface area contributed by atoms with Gasteiger partial charge in [0.05, 0.1) is 6.61 Å². The minimum atomic E-state index is -0.551. The van der Waals surface area contributed by atoms with Crippen molar-refractivity contribution in [2.45, 2.75) is 38.4 Å². The van der Waals surface area contributed by atoms with Crippen LogP contribution in [0.1, 0.15) is 42.4 Å². The number of allylic oxidation sites excluding steroid dienone is 1. The van der Waals surface area contributed by atoms with E-state index in [4.69, 9.17) is 14.2 Å². The molecule has 4 rings (SSSR count). The largest absolute Gasteiger partial charge is 0.459 e. The number of benzene rings is 2. The van der Waals surface area contributed by atoms with E-state index in [-0.39, 0.29) is 30.1 Å². The third-order valence-corrected chi connectivity index (χ3v) is 6.43. The molecule has 0 fully saturated rings. The van der Waals surface area contributed by atoms with Crippen molar-refractivity contribution in [3.05, 3.63) is 71.0 Å². The fourth-order valence-electron chi connectivity index (χ4n) is 4.87. The highest BCUT2D eigenvalue weighted by Crippen LogP contribution is 2.43. The van der Waals surface area contributed by atoms with E-state index in [1.165, 1.54) is 22.3 Å². The standard InChI is InChI=1S/C27H33NO5/c1-3-32-27-23(9-6-13-29)24(17-25(33-27)26(30)28-12-14-31-2)19-10-11-22-20(16-19)15-18-7-4-5-8-21(18)22/h4-5,7-8,10-11,16-17,23-24,27,29H,3,6,9,12-15H2,1-2H3,(H,28,30)/t23-,24+,27+/m1/s1. The molecule has 2 N–H and O–H groups in total. The predicted molar refractivity (Wildman–Crippen MR) is 127 cm³/mol. The van der Waals surface area contributed by atoms with E-state index in [0.717, 1.165) is 18.4 Å². The van der Waals surface area contributed by atoms with Crippen LogP contribution in [-0.2, 0) is 25.4 Å². The van der Waals surface area contributed by atoms with Crippen molar-refractivity contribution in [2.24, 2.45) is 5.92 Å². The molecule has 0 bridgehead atoms. The van der Waals surface area contributed by atoms with E-state index in [9.17, 15) is 9.90 Å². The highest BCUT2D eigenvalue weighted by Gasteiger charge is 2.38. The zero-order valence-electron chi connectivity index (χ0n) is 19.4. The number of aliphatic hydroxyl groups is 1. The Morgan fingerprint density at radius 2 is 2.00 bits per heavy atom. The van der Waals surface area contributed by atoms with Crippen molar-refractivity contribution >= 4 is 5.91 Å². The van der Waals surface area contributed by atoms with Gasteiger partial charge in [-0.2, -0.15) is 0 Å². The molecule has 6 heteroatoms. The number of aliphatic hydroxyl groups excluding tert-OH is 1. The summed E-state index contributed by atoms with van der Waals surface area (Å²) in [6.45, 7) is 3.35. The van der Waals surface area contributed by atoms with Crippen molar-refractivity contribution in [3.63, 3.8) is 0 Å². The maximum atomic E-state index is 12.8. The Balaban J connectivity index is 1.67. The van der Waals surface area contributed by atoms with Crippen LogP contribution in [0.15, 0.2) is 54.3 Å². The smallest absolute Gasteiger partial charge is 0.286 e. The Morgan fingerprint density at radius 3 is 2.79 bits per heavy atom. The normalized spacial score (nSPS) is 21.1. The van der Waals surface area contributed by atoms with E-state index in [2.05, 4.69) is 47.8 Å². The third-order valence-electron chi connectivity index (χ3n) is 6.43. The second kappa shape index (κ2) is 11.0. The lowest BCUT2D eigenvalue weighted by Gasteiger charge is -2.37. The van der Waals surface area contributed by atoms with Crippen LogP contribution in [-0.4, -0.2) is 50.8 Å². The number of amides is 1. The molecule has 0 unspecified atom stereocenters. The number of methoxy groups -OCH3 is 1. The topological polar surface area (TPSA) is 77.0 Å². The highest BCUT2D eigenvalue weighted by molar-refractivity contribution is 5.91. The van der Waals surface area contributed by atoms with Crippen LogP contribution in [0.5, 0.6) is 0 Å². The van der Waals surface area contributed by atoms with E-state index in [0.29, 0.717) is 26.2 Å². The van der Waals surface area contributed by atoms with Crippen LogP contribution in [0.25, 0.3) is 11.1 Å². The van der Waals surface area contributed by atoms with Crippen molar-refractivity contribution < 1.29 is 24.1 Å². The van der Waals surface area contributed by atoms with Crippen LogP contribution in [0, 0.1) is 5.92 Å². The number of ether oxygens (including phenoxy) is 3. The van der Waals surface area contributed by atoms with Crippen molar-refractivity contribution in [3.8, 4) is 11.1 Å². The molecule has 6 nitrogen and oxygen atoms in total. The molecule has 2 aromatic carbocycles. The monoisotopic (exact) mass is 451 g/mol. The van der Waals surface area contributed by atoms with E-state index in [1.54, 1.807) is 7.11 Å². The summed E-state index contributed by atoms with van der Waals surface area (Å²) in [5, 5.41) is 12.3. The Bertz CT molecular complexity index is 1000. The molecular formula is C27H33NO5. The predicted octanol–water partition coefficient (Wildman–Crippen LogP) is 3.77. The van der Waals surface area contributed by atoms with E-state index < -0.39 is 6.29 Å². The summed E-state index contributed by atoms with van der Waals surface area (Å²) < 4.78 is 17.0. The lowest BCUT2D eigenvalue weighted by Crippen LogP contribution is -2.39. The van der Waals surface area contributed by atoms with Gasteiger partial charge in [0.25, 0.3) is 5.91 Å². The molecule has 0 saturated heterocycles. The average Bonchev–Trinajstić information content (AvgIpc) is 3.21. The fraction of sp³-hybridized carbons (Fsp3) is 0.444. The molecule has 1 heterocycles. The number of hydrogen-bond donors (Lipinski definition) is 2. The van der Waals surface area contributed by atoms with Crippen LogP contribution in [0.3, 0.4) is 0 Å². The van der Waals surface area contributed by atoms with Gasteiger partial charge in [0.15, 0.2) is 5.76 Å². The Labute approximate surface area is 195 Å². The number of hydrogen-bond acceptors (Lipinski definition) is 5. The first-order valence-corrected chi connectivity index (χ1v) is 11.8. The fourth-order valence-corrected chi connectivity index (χ4v) is 4.87. The van der Waals surface area contributed by atoms with Crippen LogP contribution in [0.2, 0.25) is 0 Å². The van der Waals surface area contributed by atoms with Gasteiger partial charge in [0.2, 0.25) is 6.29 Å². The van der Waals surface area contributed by atoms with Gasteiger partial charge in [-0.05, 0) is 60.1 Å². The summed E-state index contributed by atoms with van der Waals surface area (Å²) in [7, 11) is 1.60. The summed E-state index contributed by atoms with van der Waals surface area (Å²) in [4.78, 5) is 12.8. The first kappa shape index (κ1) is 23.5. The van der Waals surface area contributed by atoms with Gasteiger partial charge < -0.3 is 24.6 Å². The molecule has 2 aliphatic rings. The molecule has 3 atom stereocenters. The van der Waals surface area contributed by atoms with Crippen molar-refractivity contribution in [1.29, 1.82) is 0 Å². The molecule has 1 aliphatic heterocycles. The zero-order chi connectivity index (χ0) is 23.2. The quantitative estimate of drug-likeness (QED) is 0.459. The first-order chi connectivity index (χ1) is 16.2. The number of carbonyl (C=O) groups is 1. The van der Waals surface area contributed by atoms with Crippen LogP contribution in [0.4, 0.5) is 0 Å². The summed E-state index contributed by atoms with van der Waals surface area (Å²) in [5.41, 5.74) is 6.35. The zero-order valence-corrected chi connectivity index (χ0v) is 19.4. The van der Waals surface area contributed by atoms with Gasteiger partial charge in [-0.25, -0.2) is 0 Å². The molecule has 1 aliphatic carbocycles. The van der Waals surface area contributed by atoms with Gasteiger partial charge in [-0.15, -0.1) is 0 Å². The molecule has 0 saturated carbocycles. The Morgan fingerprint density at radius 1 is 1.18 bits per heavy atom. The number of rotatable bonds is 10. The summed E-state index contributed by atoms with van der Waals surface area (Å²) in [6, 6.07) is 15.1. The van der Waals surface area contributed by atoms with Crippen molar-refractivity contribution in [1.82, 2.24) is 5.32 Å². The summed E-state index contributed by atoms with van der Waals surface area (Å²) in [6.07, 6.45) is 3.66. The van der Waals surface area contributed by atoms with E-state index in [1.807, 2.05) is 13.0 Å². The maximum Gasteiger partial charge on any atom is 0.286 e. The Kier molecular flexibility index (Phi) is 7.81. The highest BCUT2D eigenvalue weighted by atomic mass is 16.7. The van der Waals surface area contributed by atoms with Gasteiger partial charge in [-0.3, -0.25) is 4.79 Å². The van der Waals surface area contributed by atoms with Gasteiger partial charge in [-0.1, -0.05) is 42.5 Å². The van der Waals surface area contributed by atoms with E-state index >= 15 is 0 Å². The second-order valence-electron chi connectivity index (χ2n) is 8.53. The molecule has 0 spiro atoms. The maximum absolute atomic E-state index is 12.8. The first-order valence-electron chi connectivity index (χ1n) is 11.8. The summed E-state index contributed by atoms with van der Waals surface area (Å²) >= 11 is 0. The van der Waals surface area contributed by atoms with Crippen molar-refractivity contribution in [2.75, 3.05) is 33.5 Å². The third kappa shape index (κ3) is 5.13. The second-order valence-corrected chi connectivity index (χ2v) is 8.53. The molecule has 0 radical (unpaired) electrons. The minimum absolute atomic E-state index is 0.00514. The molecule has 2 aromatic rings. The van der Waals surface area contributed by atoms with Gasteiger partial charge in [0.1, 0.15) is 0 Å². The Hall–Kier alpha value is -2.67. The molecular weight excluding hydrogens is 418 g/mol. The molecule has 33 heavy (non-hydrogen) atoms. The van der Waals surface area contributed by atoms with Crippen LogP contribution < -0.4 is 5.32 Å². The number of nitrogens with one attached hydrogen (secondary N) is 1. The molecule has 176 valence electrons. The van der Waals surface area contributed by atoms with Crippen LogP contribution >= 0.6 is 0 Å².